The summed E-state index contributed by atoms with van der Waals surface area (Å²) in [4.78, 5) is 10.6. The molecular formula is C11H17N3O. The van der Waals surface area contributed by atoms with Gasteiger partial charge in [0.2, 0.25) is 0 Å². The highest BCUT2D eigenvalue weighted by molar-refractivity contribution is 4.89. The third kappa shape index (κ3) is 2.73. The zero-order valence-electron chi connectivity index (χ0n) is 9.00. The molecule has 0 aliphatic carbocycles. The van der Waals surface area contributed by atoms with E-state index in [0.29, 0.717) is 5.92 Å². The van der Waals surface area contributed by atoms with E-state index in [4.69, 9.17) is 0 Å². The Morgan fingerprint density at radius 1 is 1.47 bits per heavy atom. The number of likely N-dealkylation sites (tertiary alicyclic amines) is 1. The number of β-amino-alcohol motifs (C(OH)–C–C–N with tert-alkyl or cyclic N) is 1. The minimum atomic E-state index is -0.206. The van der Waals surface area contributed by atoms with Crippen LogP contribution in [-0.2, 0) is 6.54 Å². The molecule has 2 atom stereocenters. The Kier molecular flexibility index (Phi) is 3.28. The Hall–Kier alpha value is -1.00. The zero-order chi connectivity index (χ0) is 10.7. The van der Waals surface area contributed by atoms with E-state index in [9.17, 15) is 5.11 Å². The topological polar surface area (TPSA) is 49.2 Å². The van der Waals surface area contributed by atoms with Crippen LogP contribution in [0.1, 0.15) is 19.2 Å². The van der Waals surface area contributed by atoms with Crippen molar-refractivity contribution in [2.75, 3.05) is 13.1 Å². The summed E-state index contributed by atoms with van der Waals surface area (Å²) >= 11 is 0. The van der Waals surface area contributed by atoms with Gasteiger partial charge in [0.1, 0.15) is 5.82 Å². The van der Waals surface area contributed by atoms with Gasteiger partial charge in [-0.2, -0.15) is 0 Å². The Balaban J connectivity index is 1.91. The fourth-order valence-corrected chi connectivity index (χ4v) is 1.87. The van der Waals surface area contributed by atoms with Gasteiger partial charge in [-0.15, -0.1) is 0 Å². The predicted molar refractivity (Wildman–Crippen MR) is 57.1 cm³/mol. The lowest BCUT2D eigenvalue weighted by atomic mass is 9.96. The van der Waals surface area contributed by atoms with Crippen molar-refractivity contribution in [1.29, 1.82) is 0 Å². The standard InChI is InChI=1S/C11H17N3O/c1-9-3-6-14(7-10(9)15)8-11-12-4-2-5-13-11/h2,4-5,9-10,15H,3,6-8H2,1H3. The Labute approximate surface area is 90.0 Å². The van der Waals surface area contributed by atoms with Crippen LogP contribution in [0.2, 0.25) is 0 Å². The largest absolute Gasteiger partial charge is 0.392 e. The summed E-state index contributed by atoms with van der Waals surface area (Å²) in [6, 6.07) is 1.82. The normalized spacial score (nSPS) is 27.9. The minimum absolute atomic E-state index is 0.206. The van der Waals surface area contributed by atoms with Crippen molar-refractivity contribution >= 4 is 0 Å². The summed E-state index contributed by atoms with van der Waals surface area (Å²) in [5.74, 6) is 1.25. The first-order chi connectivity index (χ1) is 7.25. The fraction of sp³-hybridized carbons (Fsp3) is 0.636. The zero-order valence-corrected chi connectivity index (χ0v) is 9.00. The van der Waals surface area contributed by atoms with E-state index in [2.05, 4.69) is 21.8 Å². The molecule has 1 aromatic heterocycles. The third-order valence-corrected chi connectivity index (χ3v) is 2.99. The van der Waals surface area contributed by atoms with Gasteiger partial charge in [-0.25, -0.2) is 9.97 Å². The van der Waals surface area contributed by atoms with Gasteiger partial charge in [0.15, 0.2) is 0 Å². The highest BCUT2D eigenvalue weighted by atomic mass is 16.3. The van der Waals surface area contributed by atoms with Crippen LogP contribution >= 0.6 is 0 Å². The maximum Gasteiger partial charge on any atom is 0.142 e. The van der Waals surface area contributed by atoms with Crippen LogP contribution in [0.5, 0.6) is 0 Å². The molecule has 2 unspecified atom stereocenters. The molecule has 0 saturated carbocycles. The first-order valence-corrected chi connectivity index (χ1v) is 5.42. The number of rotatable bonds is 2. The lowest BCUT2D eigenvalue weighted by Crippen LogP contribution is -2.42. The summed E-state index contributed by atoms with van der Waals surface area (Å²) in [7, 11) is 0. The van der Waals surface area contributed by atoms with Gasteiger partial charge in [-0.1, -0.05) is 6.92 Å². The summed E-state index contributed by atoms with van der Waals surface area (Å²) < 4.78 is 0. The second-order valence-electron chi connectivity index (χ2n) is 4.23. The summed E-state index contributed by atoms with van der Waals surface area (Å²) in [6.07, 6.45) is 4.35. The molecule has 1 saturated heterocycles. The molecule has 1 aromatic rings. The summed E-state index contributed by atoms with van der Waals surface area (Å²) in [6.45, 7) is 4.60. The molecule has 1 aliphatic rings. The van der Waals surface area contributed by atoms with E-state index in [1.807, 2.05) is 6.07 Å². The van der Waals surface area contributed by atoms with E-state index >= 15 is 0 Å². The average molecular weight is 207 g/mol. The van der Waals surface area contributed by atoms with E-state index in [0.717, 1.165) is 31.9 Å². The molecule has 1 fully saturated rings. The Morgan fingerprint density at radius 2 is 2.20 bits per heavy atom. The lowest BCUT2D eigenvalue weighted by molar-refractivity contribution is 0.0249. The van der Waals surface area contributed by atoms with Crippen LogP contribution in [0.25, 0.3) is 0 Å². The van der Waals surface area contributed by atoms with Crippen LogP contribution in [0.3, 0.4) is 0 Å². The van der Waals surface area contributed by atoms with Gasteiger partial charge in [-0.05, 0) is 24.9 Å². The second kappa shape index (κ2) is 4.68. The second-order valence-corrected chi connectivity index (χ2v) is 4.23. The van der Waals surface area contributed by atoms with E-state index in [-0.39, 0.29) is 6.10 Å². The van der Waals surface area contributed by atoms with Crippen molar-refractivity contribution in [3.8, 4) is 0 Å². The number of aliphatic hydroxyl groups is 1. The predicted octanol–water partition coefficient (Wildman–Crippen LogP) is 0.679. The van der Waals surface area contributed by atoms with Gasteiger partial charge < -0.3 is 5.11 Å². The molecule has 1 N–H and O–H groups in total. The first-order valence-electron chi connectivity index (χ1n) is 5.42. The van der Waals surface area contributed by atoms with Gasteiger partial charge in [0.05, 0.1) is 12.6 Å². The molecule has 0 amide bonds. The van der Waals surface area contributed by atoms with Crippen molar-refractivity contribution in [3.63, 3.8) is 0 Å². The molecule has 82 valence electrons. The quantitative estimate of drug-likeness (QED) is 0.774. The molecular weight excluding hydrogens is 190 g/mol. The summed E-state index contributed by atoms with van der Waals surface area (Å²) in [5.41, 5.74) is 0. The maximum atomic E-state index is 9.74. The van der Waals surface area contributed by atoms with E-state index in [1.54, 1.807) is 12.4 Å². The molecule has 1 aliphatic heterocycles. The molecule has 2 rings (SSSR count). The van der Waals surface area contributed by atoms with E-state index < -0.39 is 0 Å². The maximum absolute atomic E-state index is 9.74. The monoisotopic (exact) mass is 207 g/mol. The summed E-state index contributed by atoms with van der Waals surface area (Å²) in [5, 5.41) is 9.74. The Bertz CT molecular complexity index is 304. The molecule has 4 nitrogen and oxygen atoms in total. The highest BCUT2D eigenvalue weighted by Crippen LogP contribution is 2.17. The number of piperidine rings is 1. The molecule has 0 spiro atoms. The number of hydrogen-bond donors (Lipinski definition) is 1. The molecule has 0 bridgehead atoms. The number of aromatic nitrogens is 2. The van der Waals surface area contributed by atoms with E-state index in [1.165, 1.54) is 0 Å². The van der Waals surface area contributed by atoms with Crippen LogP contribution < -0.4 is 0 Å². The van der Waals surface area contributed by atoms with Crippen molar-refractivity contribution in [2.45, 2.75) is 26.0 Å². The van der Waals surface area contributed by atoms with Gasteiger partial charge in [-0.3, -0.25) is 4.90 Å². The molecule has 4 heteroatoms. The smallest absolute Gasteiger partial charge is 0.142 e. The highest BCUT2D eigenvalue weighted by Gasteiger charge is 2.24. The number of hydrogen-bond acceptors (Lipinski definition) is 4. The third-order valence-electron chi connectivity index (χ3n) is 2.99. The van der Waals surface area contributed by atoms with Gasteiger partial charge >= 0.3 is 0 Å². The van der Waals surface area contributed by atoms with Crippen molar-refractivity contribution in [2.24, 2.45) is 5.92 Å². The lowest BCUT2D eigenvalue weighted by Gasteiger charge is -2.33. The molecule has 15 heavy (non-hydrogen) atoms. The average Bonchev–Trinajstić information content (AvgIpc) is 2.25. The number of nitrogens with zero attached hydrogens (tertiary/aromatic N) is 3. The van der Waals surface area contributed by atoms with Crippen molar-refractivity contribution in [3.05, 3.63) is 24.3 Å². The van der Waals surface area contributed by atoms with Crippen molar-refractivity contribution < 1.29 is 5.11 Å². The van der Waals surface area contributed by atoms with Gasteiger partial charge in [0, 0.05) is 18.9 Å². The molecule has 2 heterocycles. The molecule has 0 radical (unpaired) electrons. The van der Waals surface area contributed by atoms with Gasteiger partial charge in [0.25, 0.3) is 0 Å². The number of aliphatic hydroxyl groups excluding tert-OH is 1. The molecule has 0 aromatic carbocycles. The first kappa shape index (κ1) is 10.5. The SMILES string of the molecule is CC1CCN(Cc2ncccn2)CC1O. The van der Waals surface area contributed by atoms with Crippen LogP contribution in [0, 0.1) is 5.92 Å². The minimum Gasteiger partial charge on any atom is -0.392 e. The van der Waals surface area contributed by atoms with Crippen LogP contribution in [-0.4, -0.2) is 39.2 Å². The van der Waals surface area contributed by atoms with Crippen LogP contribution in [0.4, 0.5) is 0 Å². The Morgan fingerprint density at radius 3 is 2.87 bits per heavy atom. The van der Waals surface area contributed by atoms with Crippen molar-refractivity contribution in [1.82, 2.24) is 14.9 Å². The van der Waals surface area contributed by atoms with Crippen LogP contribution in [0.15, 0.2) is 18.5 Å². The fourth-order valence-electron chi connectivity index (χ4n) is 1.87.